The zero-order valence-corrected chi connectivity index (χ0v) is 17.1. The number of amides is 1. The van der Waals surface area contributed by atoms with Crippen LogP contribution in [-0.4, -0.2) is 10.9 Å². The van der Waals surface area contributed by atoms with Crippen LogP contribution in [0.5, 0.6) is 0 Å². The molecule has 0 spiro atoms. The summed E-state index contributed by atoms with van der Waals surface area (Å²) in [6.45, 7) is 4.33. The van der Waals surface area contributed by atoms with Crippen molar-refractivity contribution in [2.45, 2.75) is 26.2 Å². The lowest BCUT2D eigenvalue weighted by Crippen LogP contribution is -2.13. The fourth-order valence-corrected chi connectivity index (χ4v) is 3.27. The van der Waals surface area contributed by atoms with Gasteiger partial charge in [-0.05, 0) is 72.5 Å². The first-order valence-corrected chi connectivity index (χ1v) is 10.0. The average Bonchev–Trinajstić information content (AvgIpc) is 3.22. The first-order chi connectivity index (χ1) is 15.0. The van der Waals surface area contributed by atoms with E-state index in [1.807, 2.05) is 12.1 Å². The van der Waals surface area contributed by atoms with E-state index in [1.54, 1.807) is 24.3 Å². The van der Waals surface area contributed by atoms with Gasteiger partial charge in [0.2, 0.25) is 5.89 Å². The molecule has 4 aromatic rings. The number of rotatable bonds is 5. The van der Waals surface area contributed by atoms with Crippen molar-refractivity contribution in [2.75, 3.05) is 5.32 Å². The number of carbonyl (C=O) groups excluding carboxylic acids is 1. The lowest BCUT2D eigenvalue weighted by Gasteiger charge is -2.07. The zero-order valence-electron chi connectivity index (χ0n) is 17.1. The monoisotopic (exact) mass is 413 g/mol. The molecular formula is C25H20FN3O2. The van der Waals surface area contributed by atoms with Crippen LogP contribution in [0.15, 0.2) is 65.1 Å². The number of carbonyl (C=O) groups is 1. The fourth-order valence-electron chi connectivity index (χ4n) is 3.27. The molecule has 154 valence electrons. The molecule has 0 saturated heterocycles. The molecule has 5 nitrogen and oxygen atoms in total. The van der Waals surface area contributed by atoms with Gasteiger partial charge in [-0.1, -0.05) is 19.9 Å². The Kier molecular flexibility index (Phi) is 5.50. The van der Waals surface area contributed by atoms with E-state index in [-0.39, 0.29) is 11.1 Å². The maximum atomic E-state index is 14.0. The van der Waals surface area contributed by atoms with E-state index < -0.39 is 11.7 Å². The summed E-state index contributed by atoms with van der Waals surface area (Å²) < 4.78 is 19.9. The normalized spacial score (nSPS) is 11.8. The molecule has 0 unspecified atom stereocenters. The number of nitriles is 1. The molecule has 3 aromatic carbocycles. The molecule has 0 radical (unpaired) electrons. The second-order valence-corrected chi connectivity index (χ2v) is 7.39. The number of halogens is 1. The highest BCUT2D eigenvalue weighted by molar-refractivity contribution is 6.04. The van der Waals surface area contributed by atoms with Crippen LogP contribution >= 0.6 is 0 Å². The van der Waals surface area contributed by atoms with Crippen molar-refractivity contribution in [2.24, 2.45) is 0 Å². The molecule has 0 saturated carbocycles. The number of fused-ring (bicyclic) bond motifs is 1. The Bertz CT molecular complexity index is 1300. The minimum absolute atomic E-state index is 0.126. The highest BCUT2D eigenvalue weighted by atomic mass is 19.1. The van der Waals surface area contributed by atoms with Crippen LogP contribution in [0, 0.1) is 17.1 Å². The number of hydrogen-bond donors (Lipinski definition) is 1. The third kappa shape index (κ3) is 4.17. The van der Waals surface area contributed by atoms with Gasteiger partial charge < -0.3 is 9.73 Å². The van der Waals surface area contributed by atoms with Gasteiger partial charge in [0.05, 0.1) is 17.2 Å². The van der Waals surface area contributed by atoms with Crippen molar-refractivity contribution in [3.63, 3.8) is 0 Å². The number of hydrogen-bond acceptors (Lipinski definition) is 4. The number of aromatic nitrogens is 1. The zero-order chi connectivity index (χ0) is 22.0. The van der Waals surface area contributed by atoms with Gasteiger partial charge in [0.25, 0.3) is 5.91 Å². The third-order valence-corrected chi connectivity index (χ3v) is 5.33. The van der Waals surface area contributed by atoms with Crippen molar-refractivity contribution in [1.82, 2.24) is 4.98 Å². The van der Waals surface area contributed by atoms with E-state index >= 15 is 0 Å². The molecule has 6 heteroatoms. The molecule has 1 aromatic heterocycles. The topological polar surface area (TPSA) is 78.9 Å². The van der Waals surface area contributed by atoms with E-state index in [0.29, 0.717) is 17.5 Å². The molecule has 31 heavy (non-hydrogen) atoms. The lowest BCUT2D eigenvalue weighted by molar-refractivity contribution is 0.102. The Hall–Kier alpha value is -3.98. The molecular weight excluding hydrogens is 393 g/mol. The van der Waals surface area contributed by atoms with Gasteiger partial charge in [0, 0.05) is 11.3 Å². The summed E-state index contributed by atoms with van der Waals surface area (Å²) in [6, 6.07) is 18.6. The molecule has 4 rings (SSSR count). The Balaban J connectivity index is 1.53. The SMILES string of the molecule is CC[C@H](C)c1ccc2oc(-c3ccc(NC(=O)c4ccc(C#N)cc4F)cc3)nc2c1. The third-order valence-electron chi connectivity index (χ3n) is 5.33. The summed E-state index contributed by atoms with van der Waals surface area (Å²) >= 11 is 0. The summed E-state index contributed by atoms with van der Waals surface area (Å²) in [5.74, 6) is -0.383. The quantitative estimate of drug-likeness (QED) is 0.418. The van der Waals surface area contributed by atoms with E-state index in [2.05, 4.69) is 36.3 Å². The molecule has 1 amide bonds. The van der Waals surface area contributed by atoms with Gasteiger partial charge in [-0.3, -0.25) is 4.79 Å². The summed E-state index contributed by atoms with van der Waals surface area (Å²) in [5.41, 5.74) is 4.06. The Morgan fingerprint density at radius 3 is 2.61 bits per heavy atom. The number of oxazole rings is 1. The van der Waals surface area contributed by atoms with Crippen molar-refractivity contribution >= 4 is 22.7 Å². The van der Waals surface area contributed by atoms with Crippen molar-refractivity contribution in [3.8, 4) is 17.5 Å². The molecule has 1 atom stereocenters. The largest absolute Gasteiger partial charge is 0.436 e. The molecule has 0 bridgehead atoms. The second-order valence-electron chi connectivity index (χ2n) is 7.39. The molecule has 0 aliphatic rings. The van der Waals surface area contributed by atoms with Gasteiger partial charge in [0.15, 0.2) is 5.58 Å². The summed E-state index contributed by atoms with van der Waals surface area (Å²) in [4.78, 5) is 17.0. The van der Waals surface area contributed by atoms with E-state index in [4.69, 9.17) is 9.68 Å². The van der Waals surface area contributed by atoms with Crippen LogP contribution < -0.4 is 5.32 Å². The smallest absolute Gasteiger partial charge is 0.258 e. The first-order valence-electron chi connectivity index (χ1n) is 10.0. The predicted octanol–water partition coefficient (Wildman–Crippen LogP) is 6.27. The molecule has 1 heterocycles. The number of nitrogens with one attached hydrogen (secondary N) is 1. The maximum absolute atomic E-state index is 14.0. The highest BCUT2D eigenvalue weighted by Gasteiger charge is 2.14. The van der Waals surface area contributed by atoms with Gasteiger partial charge in [-0.15, -0.1) is 0 Å². The van der Waals surface area contributed by atoms with Gasteiger partial charge in [0.1, 0.15) is 11.3 Å². The van der Waals surface area contributed by atoms with Gasteiger partial charge in [-0.2, -0.15) is 5.26 Å². The summed E-state index contributed by atoms with van der Waals surface area (Å²) in [6.07, 6.45) is 1.05. The average molecular weight is 413 g/mol. The minimum atomic E-state index is -0.739. The molecule has 0 aliphatic heterocycles. The van der Waals surface area contributed by atoms with Crippen molar-refractivity contribution in [1.29, 1.82) is 5.26 Å². The van der Waals surface area contributed by atoms with Gasteiger partial charge in [-0.25, -0.2) is 9.37 Å². The van der Waals surface area contributed by atoms with Crippen molar-refractivity contribution < 1.29 is 13.6 Å². The number of nitrogens with zero attached hydrogens (tertiary/aromatic N) is 2. The summed E-state index contributed by atoms with van der Waals surface area (Å²) in [5, 5.41) is 11.5. The predicted molar refractivity (Wildman–Crippen MR) is 117 cm³/mol. The molecule has 0 fully saturated rings. The van der Waals surface area contributed by atoms with Crippen LogP contribution in [-0.2, 0) is 0 Å². The van der Waals surface area contributed by atoms with Crippen LogP contribution in [0.2, 0.25) is 0 Å². The van der Waals surface area contributed by atoms with E-state index in [0.717, 1.165) is 29.2 Å². The summed E-state index contributed by atoms with van der Waals surface area (Å²) in [7, 11) is 0. The standard InChI is InChI=1S/C25H20FN3O2/c1-3-15(2)18-7-11-23-22(13-18)29-25(31-23)17-5-8-19(9-6-17)28-24(30)20-10-4-16(14-27)12-21(20)26/h4-13,15H,3H2,1-2H3,(H,28,30)/t15-/m0/s1. The minimum Gasteiger partial charge on any atom is -0.436 e. The van der Waals surface area contributed by atoms with Crippen LogP contribution in [0.25, 0.3) is 22.6 Å². The Morgan fingerprint density at radius 2 is 1.94 bits per heavy atom. The Labute approximate surface area is 179 Å². The van der Waals surface area contributed by atoms with E-state index in [1.165, 1.54) is 17.7 Å². The maximum Gasteiger partial charge on any atom is 0.258 e. The van der Waals surface area contributed by atoms with Crippen LogP contribution in [0.1, 0.15) is 47.7 Å². The second kappa shape index (κ2) is 8.41. The Morgan fingerprint density at radius 1 is 1.16 bits per heavy atom. The van der Waals surface area contributed by atoms with Gasteiger partial charge >= 0.3 is 0 Å². The number of anilines is 1. The highest BCUT2D eigenvalue weighted by Crippen LogP contribution is 2.28. The first kappa shape index (κ1) is 20.3. The van der Waals surface area contributed by atoms with Crippen LogP contribution in [0.4, 0.5) is 10.1 Å². The lowest BCUT2D eigenvalue weighted by atomic mass is 9.98. The molecule has 0 aliphatic carbocycles. The van der Waals surface area contributed by atoms with E-state index in [9.17, 15) is 9.18 Å². The van der Waals surface area contributed by atoms with Crippen LogP contribution in [0.3, 0.4) is 0 Å². The van der Waals surface area contributed by atoms with Crippen molar-refractivity contribution in [3.05, 3.63) is 83.2 Å². The molecule has 1 N–H and O–H groups in total. The fraction of sp³-hybridized carbons (Fsp3) is 0.160. The number of benzene rings is 3.